The van der Waals surface area contributed by atoms with Gasteiger partial charge < -0.3 is 98.3 Å². The number of ether oxygens (including phenoxy) is 3. The molecular formula is C96H123N19O10. The van der Waals surface area contributed by atoms with Crippen LogP contribution in [0.5, 0.6) is 35.3 Å². The molecule has 4 N–H and O–H groups in total. The molecule has 29 heteroatoms. The highest BCUT2D eigenvalue weighted by molar-refractivity contribution is 5.98. The largest absolute Gasteiger partial charge is 0.508 e. The molecule has 1 unspecified atom stereocenters. The first-order valence-corrected chi connectivity index (χ1v) is 44.7. The quantitative estimate of drug-likeness (QED) is 0.0306. The van der Waals surface area contributed by atoms with Crippen molar-refractivity contribution in [2.24, 2.45) is 0 Å². The standard InChI is InChI=1S/C32H43N7O3.C32H40N6O4.C32H40N6O3/c1-23(21-36(4)5)42-32-33-28-22-39(29-20-25(40)19-24-9-6-7-10-26(24)29)14-12-27(28)31(34-32)38-17-15-37(16-18-38)30(41)11-8-13-35(2)3;1-2-30(41)36-14-16-37(17-15-36)31-27-10-13-38(29-19-24(39)18-23-8-4-5-9-26(23)29)21-28(27)33-32(34-31)42-22-25(40)20-35-11-6-3-7-12-35;1-2-30(40)36-16-18-37(19-17-36)31-27-11-15-38(29-22-25(39)21-24-9-4-5-10-26(24)29)23-28(27)33-32(34-31)41-20-8-14-35-12-6-3-7-13-35/h6-11,19-20,23,40H,12-18,21-22H2,1-5H3;2,4-5,8-9,18-19,25,39-40H,1,3,6-7,10-17,20-22H2;2,4-5,9-10,21-22,39H,1,3,6-8,11-20,23H2/b11-8+;;/t23-;;/m1../s1. The number of aliphatic hydroxyl groups is 1. The topological polar surface area (TPSA) is 279 Å². The number of fused-ring (bicyclic) bond motifs is 6. The molecule has 29 nitrogen and oxygen atoms in total. The molecule has 3 amide bonds. The van der Waals surface area contributed by atoms with E-state index >= 15 is 0 Å². The summed E-state index contributed by atoms with van der Waals surface area (Å²) in [6, 6.07) is 36.3. The lowest BCUT2D eigenvalue weighted by Gasteiger charge is -2.38. The van der Waals surface area contributed by atoms with Crippen LogP contribution >= 0.6 is 0 Å². The molecule has 5 saturated heterocycles. The molecule has 11 heterocycles. The van der Waals surface area contributed by atoms with Crippen LogP contribution in [0.25, 0.3) is 32.3 Å². The molecule has 8 aliphatic heterocycles. The molecule has 0 aliphatic carbocycles. The van der Waals surface area contributed by atoms with Crippen LogP contribution in [0, 0.1) is 0 Å². The number of hydrogen-bond acceptors (Lipinski definition) is 26. The molecule has 0 saturated carbocycles. The van der Waals surface area contributed by atoms with E-state index < -0.39 is 6.10 Å². The van der Waals surface area contributed by atoms with Crippen molar-refractivity contribution in [3.63, 3.8) is 0 Å². The van der Waals surface area contributed by atoms with Crippen LogP contribution in [0.3, 0.4) is 0 Å². The summed E-state index contributed by atoms with van der Waals surface area (Å²) in [5.74, 6) is 3.39. The number of aromatic nitrogens is 6. The number of benzene rings is 6. The second kappa shape index (κ2) is 41.5. The summed E-state index contributed by atoms with van der Waals surface area (Å²) in [6.07, 6.45) is 16.4. The van der Waals surface area contributed by atoms with E-state index in [2.05, 4.69) is 75.5 Å². The number of hydrogen-bond donors (Lipinski definition) is 4. The number of phenols is 3. The first-order valence-electron chi connectivity index (χ1n) is 44.7. The molecule has 0 radical (unpaired) electrons. The van der Waals surface area contributed by atoms with Gasteiger partial charge in [0, 0.05) is 199 Å². The highest BCUT2D eigenvalue weighted by Crippen LogP contribution is 2.41. The van der Waals surface area contributed by atoms with Crippen LogP contribution in [0.15, 0.2) is 147 Å². The Morgan fingerprint density at radius 3 is 1.24 bits per heavy atom. The fourth-order valence-corrected chi connectivity index (χ4v) is 18.5. The fraction of sp³-hybridized carbons (Fsp3) is 0.469. The molecule has 2 atom stereocenters. The number of likely N-dealkylation sites (N-methyl/N-ethyl adjacent to an activating group) is 2. The normalized spacial score (nSPS) is 17.6. The third-order valence-electron chi connectivity index (χ3n) is 24.9. The molecule has 662 valence electrons. The zero-order valence-corrected chi connectivity index (χ0v) is 73.4. The predicted molar refractivity (Wildman–Crippen MR) is 493 cm³/mol. The molecule has 5 fully saturated rings. The van der Waals surface area contributed by atoms with Crippen LogP contribution in [0.2, 0.25) is 0 Å². The van der Waals surface area contributed by atoms with Gasteiger partial charge in [0.05, 0.1) is 43.3 Å². The van der Waals surface area contributed by atoms with Gasteiger partial charge in [0.25, 0.3) is 0 Å². The van der Waals surface area contributed by atoms with E-state index in [0.29, 0.717) is 123 Å². The highest BCUT2D eigenvalue weighted by Gasteiger charge is 2.35. The van der Waals surface area contributed by atoms with Gasteiger partial charge >= 0.3 is 18.0 Å². The van der Waals surface area contributed by atoms with E-state index in [1.165, 1.54) is 63.8 Å². The van der Waals surface area contributed by atoms with Crippen LogP contribution in [-0.4, -0.2) is 306 Å². The minimum Gasteiger partial charge on any atom is -0.508 e. The van der Waals surface area contributed by atoms with Gasteiger partial charge in [0.2, 0.25) is 17.7 Å². The number of piperidine rings is 2. The predicted octanol–water partition coefficient (Wildman–Crippen LogP) is 9.94. The Morgan fingerprint density at radius 1 is 0.448 bits per heavy atom. The molecular weight excluding hydrogens is 1580 g/mol. The Bertz CT molecular complexity index is 5290. The summed E-state index contributed by atoms with van der Waals surface area (Å²) in [5.41, 5.74) is 9.11. The van der Waals surface area contributed by atoms with Gasteiger partial charge in [-0.3, -0.25) is 14.4 Å². The third kappa shape index (κ3) is 22.2. The average molecular weight is 1700 g/mol. The van der Waals surface area contributed by atoms with Crippen LogP contribution < -0.4 is 43.6 Å². The van der Waals surface area contributed by atoms with Gasteiger partial charge in [-0.1, -0.05) is 105 Å². The van der Waals surface area contributed by atoms with Crippen LogP contribution in [0.1, 0.15) is 85.6 Å². The molecule has 8 aliphatic rings. The lowest BCUT2D eigenvalue weighted by Crippen LogP contribution is -2.49. The van der Waals surface area contributed by atoms with E-state index in [1.807, 2.05) is 135 Å². The number of aliphatic hydroxyl groups excluding tert-OH is 1. The van der Waals surface area contributed by atoms with Crippen LogP contribution in [0.4, 0.5) is 34.5 Å². The number of rotatable bonds is 25. The van der Waals surface area contributed by atoms with E-state index in [1.54, 1.807) is 23.1 Å². The molecule has 125 heavy (non-hydrogen) atoms. The second-order valence-electron chi connectivity index (χ2n) is 34.5. The highest BCUT2D eigenvalue weighted by atomic mass is 16.5. The Kier molecular flexibility index (Phi) is 29.3. The smallest absolute Gasteiger partial charge is 0.318 e. The number of anilines is 6. The number of carbonyl (C=O) groups excluding carboxylic acids is 3. The molecule has 0 bridgehead atoms. The summed E-state index contributed by atoms with van der Waals surface area (Å²) in [6.45, 7) is 29.4. The van der Waals surface area contributed by atoms with Gasteiger partial charge in [-0.15, -0.1) is 0 Å². The van der Waals surface area contributed by atoms with Crippen molar-refractivity contribution in [1.82, 2.24) is 64.2 Å². The summed E-state index contributed by atoms with van der Waals surface area (Å²) in [4.78, 5) is 94.6. The monoisotopic (exact) mass is 1700 g/mol. The van der Waals surface area contributed by atoms with Crippen LogP contribution in [-0.2, 0) is 53.3 Å². The van der Waals surface area contributed by atoms with Crippen molar-refractivity contribution in [1.29, 1.82) is 0 Å². The maximum absolute atomic E-state index is 12.7. The van der Waals surface area contributed by atoms with E-state index in [0.717, 1.165) is 179 Å². The number of nitrogens with zero attached hydrogens (tertiary/aromatic N) is 19. The molecule has 3 aromatic heterocycles. The van der Waals surface area contributed by atoms with Gasteiger partial charge in [0.1, 0.15) is 53.5 Å². The van der Waals surface area contributed by atoms with Crippen molar-refractivity contribution >= 4 is 84.6 Å². The summed E-state index contributed by atoms with van der Waals surface area (Å²) < 4.78 is 18.5. The van der Waals surface area contributed by atoms with Crippen molar-refractivity contribution in [2.75, 3.05) is 221 Å². The van der Waals surface area contributed by atoms with Crippen molar-refractivity contribution < 1.29 is 49.0 Å². The number of piperazine rings is 3. The molecule has 9 aromatic rings. The molecule has 17 rings (SSSR count). The Balaban J connectivity index is 0.000000145. The molecule has 6 aromatic carbocycles. The van der Waals surface area contributed by atoms with Crippen molar-refractivity contribution in [2.45, 2.75) is 103 Å². The first-order chi connectivity index (χ1) is 60.7. The first kappa shape index (κ1) is 88.2. The number of amides is 3. The zero-order valence-electron chi connectivity index (χ0n) is 73.4. The lowest BCUT2D eigenvalue weighted by molar-refractivity contribution is -0.127. The maximum Gasteiger partial charge on any atom is 0.318 e. The minimum absolute atomic E-state index is 0.0268. The average Bonchev–Trinajstić information content (AvgIpc) is 0.766. The van der Waals surface area contributed by atoms with E-state index in [-0.39, 0.29) is 53.7 Å². The zero-order chi connectivity index (χ0) is 87.0. The second-order valence-corrected chi connectivity index (χ2v) is 34.5. The SMILES string of the molecule is C=CC(=O)N1CCN(c2nc(OCC(O)CN3CCCCC3)nc3c2CCN(c2cc(O)cc4ccccc24)C3)CC1.C=CC(=O)N1CCN(c2nc(OCCCN3CCCCC3)nc3c2CCN(c2cc(O)cc4ccccc24)C3)CC1.C[C@H](CN(C)C)Oc1nc2c(c(N3CCN(C(=O)/C=C/CN(C)C)CC3)n1)CCN(c1cc(O)cc3ccccc13)C2. The number of likely N-dealkylation sites (tertiary alicyclic amines) is 2. The Labute approximate surface area is 734 Å². The van der Waals surface area contributed by atoms with Gasteiger partial charge in [-0.25, -0.2) is 0 Å². The number of β-amino-alcohol motifs (C(OH)–C–C–N with tert-alkyl or cyclic N) is 1. The van der Waals surface area contributed by atoms with Gasteiger partial charge in [-0.05, 0) is 159 Å². The maximum atomic E-state index is 12.7. The summed E-state index contributed by atoms with van der Waals surface area (Å²) in [7, 11) is 8.01. The Hall–Kier alpha value is -11.6. The van der Waals surface area contributed by atoms with Gasteiger partial charge in [-0.2, -0.15) is 29.9 Å². The third-order valence-corrected chi connectivity index (χ3v) is 24.9. The van der Waals surface area contributed by atoms with E-state index in [4.69, 9.17) is 44.1 Å². The fourth-order valence-electron chi connectivity index (χ4n) is 18.5. The van der Waals surface area contributed by atoms with Crippen molar-refractivity contribution in [3.05, 3.63) is 180 Å². The number of aromatic hydroxyl groups is 3. The van der Waals surface area contributed by atoms with E-state index in [9.17, 15) is 34.8 Å². The van der Waals surface area contributed by atoms with Gasteiger partial charge in [0.15, 0.2) is 0 Å². The van der Waals surface area contributed by atoms with Crippen molar-refractivity contribution in [3.8, 4) is 35.3 Å². The number of phenolic OH excluding ortho intramolecular Hbond substituents is 3. The minimum atomic E-state index is -0.630. The Morgan fingerprint density at radius 2 is 0.832 bits per heavy atom. The summed E-state index contributed by atoms with van der Waals surface area (Å²) in [5, 5.41) is 48.5. The number of carbonyl (C=O) groups is 3. The molecule has 0 spiro atoms. The summed E-state index contributed by atoms with van der Waals surface area (Å²) >= 11 is 0. The lowest BCUT2D eigenvalue weighted by atomic mass is 10.0.